The lowest BCUT2D eigenvalue weighted by Crippen LogP contribution is -2.49. The van der Waals surface area contributed by atoms with Crippen molar-refractivity contribution in [3.05, 3.63) is 16.6 Å². The smallest absolute Gasteiger partial charge is 0.256 e. The molecule has 1 amide bonds. The average Bonchev–Trinajstić information content (AvgIpc) is 3.17. The van der Waals surface area contributed by atoms with Crippen molar-refractivity contribution in [2.75, 3.05) is 39.8 Å². The van der Waals surface area contributed by atoms with Gasteiger partial charge in [-0.05, 0) is 44.3 Å². The molecule has 0 spiro atoms. The molecule has 2 fully saturated rings. The normalized spacial score (nSPS) is 22.8. The molecular formula is C15H23N3O2S. The van der Waals surface area contributed by atoms with Crippen LogP contribution in [0.2, 0.25) is 0 Å². The monoisotopic (exact) mass is 309 g/mol. The van der Waals surface area contributed by atoms with Crippen molar-refractivity contribution in [2.24, 2.45) is 5.92 Å². The molecule has 2 heterocycles. The van der Waals surface area contributed by atoms with Gasteiger partial charge in [0, 0.05) is 31.6 Å². The summed E-state index contributed by atoms with van der Waals surface area (Å²) >= 11 is 1.35. The van der Waals surface area contributed by atoms with Crippen molar-refractivity contribution >= 4 is 17.4 Å². The van der Waals surface area contributed by atoms with Crippen LogP contribution in [-0.4, -0.2) is 66.0 Å². The lowest BCUT2D eigenvalue weighted by molar-refractivity contribution is -0.0334. The van der Waals surface area contributed by atoms with Gasteiger partial charge in [-0.2, -0.15) is 4.37 Å². The zero-order valence-corrected chi connectivity index (χ0v) is 13.6. The summed E-state index contributed by atoms with van der Waals surface area (Å²) in [5.41, 5.74) is 1.57. The summed E-state index contributed by atoms with van der Waals surface area (Å²) in [7, 11) is 2.15. The third-order valence-electron chi connectivity index (χ3n) is 4.19. The molecule has 1 saturated heterocycles. The van der Waals surface area contributed by atoms with Crippen LogP contribution in [0, 0.1) is 12.8 Å². The van der Waals surface area contributed by atoms with E-state index in [1.54, 1.807) is 0 Å². The highest BCUT2D eigenvalue weighted by atomic mass is 32.1. The fourth-order valence-corrected chi connectivity index (χ4v) is 3.53. The van der Waals surface area contributed by atoms with Gasteiger partial charge in [-0.25, -0.2) is 0 Å². The maximum atomic E-state index is 12.5. The number of aromatic nitrogens is 1. The lowest BCUT2D eigenvalue weighted by atomic mass is 10.2. The van der Waals surface area contributed by atoms with Gasteiger partial charge in [0.1, 0.15) is 0 Å². The number of amides is 1. The predicted molar refractivity (Wildman–Crippen MR) is 82.7 cm³/mol. The Kier molecular flexibility index (Phi) is 4.57. The SMILES string of the molecule is Cc1nscc1C(=O)N1CCO[C@@H](CN(C)CC2CC2)C1. The molecular weight excluding hydrogens is 286 g/mol. The van der Waals surface area contributed by atoms with Crippen molar-refractivity contribution in [3.63, 3.8) is 0 Å². The van der Waals surface area contributed by atoms with Crippen LogP contribution >= 0.6 is 11.5 Å². The van der Waals surface area contributed by atoms with Crippen molar-refractivity contribution in [1.82, 2.24) is 14.2 Å². The standard InChI is InChI=1S/C15H23N3O2S/c1-11-14(10-21-16-11)15(19)18-5-6-20-13(9-18)8-17(2)7-12-3-4-12/h10,12-13H,3-9H2,1-2H3/t13-/m0/s1. The molecule has 0 radical (unpaired) electrons. The van der Waals surface area contributed by atoms with Crippen molar-refractivity contribution in [2.45, 2.75) is 25.9 Å². The van der Waals surface area contributed by atoms with E-state index in [-0.39, 0.29) is 12.0 Å². The Balaban J connectivity index is 1.55. The van der Waals surface area contributed by atoms with Crippen molar-refractivity contribution in [1.29, 1.82) is 0 Å². The first-order chi connectivity index (χ1) is 10.1. The van der Waals surface area contributed by atoms with Gasteiger partial charge in [0.2, 0.25) is 0 Å². The molecule has 1 aromatic rings. The molecule has 1 aliphatic carbocycles. The Bertz CT molecular complexity index is 501. The maximum Gasteiger partial charge on any atom is 0.256 e. The number of likely N-dealkylation sites (N-methyl/N-ethyl adjacent to an activating group) is 1. The molecule has 1 aromatic heterocycles. The van der Waals surface area contributed by atoms with E-state index in [9.17, 15) is 4.79 Å². The Labute approximate surface area is 130 Å². The van der Waals surface area contributed by atoms with E-state index < -0.39 is 0 Å². The summed E-state index contributed by atoms with van der Waals surface area (Å²) in [5.74, 6) is 0.982. The first-order valence-electron chi connectivity index (χ1n) is 7.64. The van der Waals surface area contributed by atoms with E-state index in [4.69, 9.17) is 4.74 Å². The highest BCUT2D eigenvalue weighted by Gasteiger charge is 2.29. The summed E-state index contributed by atoms with van der Waals surface area (Å²) in [6.45, 7) is 5.94. The minimum atomic E-state index is 0.0967. The number of hydrogen-bond acceptors (Lipinski definition) is 5. The van der Waals surface area contributed by atoms with Gasteiger partial charge in [-0.3, -0.25) is 4.79 Å². The number of aryl methyl sites for hydroxylation is 1. The van der Waals surface area contributed by atoms with Gasteiger partial charge in [0.25, 0.3) is 5.91 Å². The predicted octanol–water partition coefficient (Wildman–Crippen LogP) is 1.63. The second-order valence-electron chi connectivity index (χ2n) is 6.22. The third-order valence-corrected chi connectivity index (χ3v) is 4.91. The largest absolute Gasteiger partial charge is 0.373 e. The quantitative estimate of drug-likeness (QED) is 0.829. The number of rotatable bonds is 5. The summed E-state index contributed by atoms with van der Waals surface area (Å²) in [5, 5.41) is 1.85. The van der Waals surface area contributed by atoms with Crippen molar-refractivity contribution in [3.8, 4) is 0 Å². The van der Waals surface area contributed by atoms with Gasteiger partial charge in [-0.15, -0.1) is 0 Å². The highest BCUT2D eigenvalue weighted by Crippen LogP contribution is 2.29. The number of carbonyl (C=O) groups excluding carboxylic acids is 1. The zero-order valence-electron chi connectivity index (χ0n) is 12.7. The highest BCUT2D eigenvalue weighted by molar-refractivity contribution is 7.03. The van der Waals surface area contributed by atoms with E-state index >= 15 is 0 Å². The van der Waals surface area contributed by atoms with Crippen LogP contribution < -0.4 is 0 Å². The molecule has 5 nitrogen and oxygen atoms in total. The van der Waals surface area contributed by atoms with Gasteiger partial charge >= 0.3 is 0 Å². The summed E-state index contributed by atoms with van der Waals surface area (Å²) in [6.07, 6.45) is 2.86. The Morgan fingerprint density at radius 1 is 1.52 bits per heavy atom. The third kappa shape index (κ3) is 3.81. The fourth-order valence-electron chi connectivity index (χ4n) is 2.85. The fraction of sp³-hybridized carbons (Fsp3) is 0.733. The van der Waals surface area contributed by atoms with E-state index in [0.717, 1.165) is 30.3 Å². The van der Waals surface area contributed by atoms with E-state index in [2.05, 4.69) is 16.3 Å². The molecule has 0 N–H and O–H groups in total. The number of morpholine rings is 1. The molecule has 21 heavy (non-hydrogen) atoms. The van der Waals surface area contributed by atoms with Crippen LogP contribution in [0.3, 0.4) is 0 Å². The van der Waals surface area contributed by atoms with Crippen LogP contribution in [0.1, 0.15) is 28.9 Å². The van der Waals surface area contributed by atoms with Crippen LogP contribution in [0.4, 0.5) is 0 Å². The molecule has 116 valence electrons. The molecule has 0 aromatic carbocycles. The molecule has 1 atom stereocenters. The Morgan fingerprint density at radius 2 is 2.33 bits per heavy atom. The zero-order chi connectivity index (χ0) is 14.8. The van der Waals surface area contributed by atoms with Crippen LogP contribution in [0.5, 0.6) is 0 Å². The topological polar surface area (TPSA) is 45.7 Å². The number of carbonyl (C=O) groups is 1. The first kappa shape index (κ1) is 14.9. The summed E-state index contributed by atoms with van der Waals surface area (Å²) in [6, 6.07) is 0. The van der Waals surface area contributed by atoms with E-state index in [1.807, 2.05) is 17.2 Å². The molecule has 2 aliphatic rings. The van der Waals surface area contributed by atoms with Gasteiger partial charge in [0.15, 0.2) is 0 Å². The molecule has 3 rings (SSSR count). The molecule has 0 bridgehead atoms. The minimum Gasteiger partial charge on any atom is -0.373 e. The van der Waals surface area contributed by atoms with Crippen LogP contribution in [0.15, 0.2) is 5.38 Å². The molecule has 1 saturated carbocycles. The average molecular weight is 309 g/mol. The molecule has 6 heteroatoms. The molecule has 0 unspecified atom stereocenters. The number of hydrogen-bond donors (Lipinski definition) is 0. The second-order valence-corrected chi connectivity index (χ2v) is 6.85. The Hall–Kier alpha value is -0.980. The van der Waals surface area contributed by atoms with Gasteiger partial charge < -0.3 is 14.5 Å². The Morgan fingerprint density at radius 3 is 3.00 bits per heavy atom. The number of nitrogens with zero attached hydrogens (tertiary/aromatic N) is 3. The summed E-state index contributed by atoms with van der Waals surface area (Å²) < 4.78 is 10.0. The second kappa shape index (κ2) is 6.42. The first-order valence-corrected chi connectivity index (χ1v) is 8.47. The lowest BCUT2D eigenvalue weighted by Gasteiger charge is -2.34. The van der Waals surface area contributed by atoms with Crippen molar-refractivity contribution < 1.29 is 9.53 Å². The maximum absolute atomic E-state index is 12.5. The van der Waals surface area contributed by atoms with E-state index in [1.165, 1.54) is 24.4 Å². The summed E-state index contributed by atoms with van der Waals surface area (Å²) in [4.78, 5) is 16.8. The minimum absolute atomic E-state index is 0.0967. The van der Waals surface area contributed by atoms with Crippen LogP contribution in [-0.2, 0) is 4.74 Å². The van der Waals surface area contributed by atoms with Gasteiger partial charge in [-0.1, -0.05) is 0 Å². The van der Waals surface area contributed by atoms with Crippen LogP contribution in [0.25, 0.3) is 0 Å². The van der Waals surface area contributed by atoms with Gasteiger partial charge in [0.05, 0.1) is 24.0 Å². The number of ether oxygens (including phenoxy) is 1. The molecule has 1 aliphatic heterocycles. The van der Waals surface area contributed by atoms with E-state index in [0.29, 0.717) is 19.7 Å².